The zero-order chi connectivity index (χ0) is 10.7. The third-order valence-corrected chi connectivity index (χ3v) is 2.76. The lowest BCUT2D eigenvalue weighted by Gasteiger charge is -2.24. The van der Waals surface area contributed by atoms with Gasteiger partial charge in [0, 0.05) is 19.6 Å². The van der Waals surface area contributed by atoms with Crippen molar-refractivity contribution in [3.8, 4) is 0 Å². The summed E-state index contributed by atoms with van der Waals surface area (Å²) in [6.45, 7) is 5.06. The maximum Gasteiger partial charge on any atom is 0.227 e. The van der Waals surface area contributed by atoms with E-state index in [0.29, 0.717) is 6.54 Å². The van der Waals surface area contributed by atoms with Gasteiger partial charge >= 0.3 is 0 Å². The van der Waals surface area contributed by atoms with Crippen LogP contribution in [-0.2, 0) is 4.79 Å². The molecule has 1 rings (SSSR count). The molecule has 1 aliphatic rings. The predicted molar refractivity (Wildman–Crippen MR) is 54.9 cm³/mol. The summed E-state index contributed by atoms with van der Waals surface area (Å²) in [5.41, 5.74) is 0. The summed E-state index contributed by atoms with van der Waals surface area (Å²) < 4.78 is 0. The van der Waals surface area contributed by atoms with E-state index in [1.54, 1.807) is 18.9 Å². The summed E-state index contributed by atoms with van der Waals surface area (Å²) in [5, 5.41) is 12.4. The van der Waals surface area contributed by atoms with Crippen molar-refractivity contribution in [2.24, 2.45) is 5.92 Å². The first-order valence-corrected chi connectivity index (χ1v) is 5.18. The van der Waals surface area contributed by atoms with E-state index in [4.69, 9.17) is 0 Å². The molecule has 4 nitrogen and oxygen atoms in total. The van der Waals surface area contributed by atoms with Gasteiger partial charge in [-0.3, -0.25) is 4.79 Å². The van der Waals surface area contributed by atoms with Gasteiger partial charge in [0.05, 0.1) is 12.0 Å². The third kappa shape index (κ3) is 2.69. The highest BCUT2D eigenvalue weighted by atomic mass is 16.3. The molecule has 2 N–H and O–H groups in total. The SMILES string of the molecule is CC(O)CN(C)C(=O)C1CCNC1C. The van der Waals surface area contributed by atoms with Crippen molar-refractivity contribution in [3.63, 3.8) is 0 Å². The second kappa shape index (κ2) is 4.75. The van der Waals surface area contributed by atoms with E-state index < -0.39 is 6.10 Å². The lowest BCUT2D eigenvalue weighted by molar-refractivity contribution is -0.135. The molecule has 4 heteroatoms. The summed E-state index contributed by atoms with van der Waals surface area (Å²) in [5.74, 6) is 0.224. The van der Waals surface area contributed by atoms with Gasteiger partial charge in [0.15, 0.2) is 0 Å². The summed E-state index contributed by atoms with van der Waals surface area (Å²) in [6.07, 6.45) is 0.457. The Balaban J connectivity index is 2.47. The van der Waals surface area contributed by atoms with Gasteiger partial charge in [0.25, 0.3) is 0 Å². The van der Waals surface area contributed by atoms with Crippen LogP contribution in [0.3, 0.4) is 0 Å². The number of aliphatic hydroxyl groups is 1. The molecular formula is C10H20N2O2. The van der Waals surface area contributed by atoms with Crippen LogP contribution in [0.5, 0.6) is 0 Å². The Morgan fingerprint density at radius 1 is 1.71 bits per heavy atom. The van der Waals surface area contributed by atoms with Crippen LogP contribution in [-0.4, -0.2) is 48.2 Å². The normalized spacial score (nSPS) is 28.9. The molecule has 0 radical (unpaired) electrons. The lowest BCUT2D eigenvalue weighted by Crippen LogP contribution is -2.40. The van der Waals surface area contributed by atoms with E-state index in [1.165, 1.54) is 0 Å². The van der Waals surface area contributed by atoms with E-state index in [2.05, 4.69) is 5.32 Å². The maximum atomic E-state index is 11.9. The minimum Gasteiger partial charge on any atom is -0.392 e. The summed E-state index contributed by atoms with van der Waals surface area (Å²) in [4.78, 5) is 13.5. The Labute approximate surface area is 85.3 Å². The number of hydrogen-bond donors (Lipinski definition) is 2. The Morgan fingerprint density at radius 3 is 2.79 bits per heavy atom. The second-order valence-electron chi connectivity index (χ2n) is 4.21. The smallest absolute Gasteiger partial charge is 0.227 e. The van der Waals surface area contributed by atoms with Crippen molar-refractivity contribution < 1.29 is 9.90 Å². The fourth-order valence-corrected chi connectivity index (χ4v) is 1.97. The second-order valence-corrected chi connectivity index (χ2v) is 4.21. The van der Waals surface area contributed by atoms with Crippen molar-refractivity contribution in [1.29, 1.82) is 0 Å². The average molecular weight is 200 g/mol. The van der Waals surface area contributed by atoms with Crippen molar-refractivity contribution in [3.05, 3.63) is 0 Å². The van der Waals surface area contributed by atoms with Gasteiger partial charge in [0.1, 0.15) is 0 Å². The maximum absolute atomic E-state index is 11.9. The van der Waals surface area contributed by atoms with Crippen LogP contribution >= 0.6 is 0 Å². The quantitative estimate of drug-likeness (QED) is 0.664. The minimum absolute atomic E-state index is 0.0822. The van der Waals surface area contributed by atoms with E-state index >= 15 is 0 Å². The molecule has 0 aliphatic carbocycles. The number of likely N-dealkylation sites (N-methyl/N-ethyl adjacent to an activating group) is 1. The van der Waals surface area contributed by atoms with Crippen molar-refractivity contribution in [2.75, 3.05) is 20.1 Å². The molecule has 1 amide bonds. The van der Waals surface area contributed by atoms with Crippen LogP contribution in [0.15, 0.2) is 0 Å². The molecule has 1 heterocycles. The molecule has 0 aromatic carbocycles. The predicted octanol–water partition coefficient (Wildman–Crippen LogP) is -0.176. The van der Waals surface area contributed by atoms with Gasteiger partial charge in [-0.2, -0.15) is 0 Å². The molecular weight excluding hydrogens is 180 g/mol. The van der Waals surface area contributed by atoms with Crippen LogP contribution in [0.25, 0.3) is 0 Å². The number of hydrogen-bond acceptors (Lipinski definition) is 3. The van der Waals surface area contributed by atoms with Crippen molar-refractivity contribution in [1.82, 2.24) is 10.2 Å². The molecule has 0 saturated carbocycles. The van der Waals surface area contributed by atoms with E-state index in [0.717, 1.165) is 13.0 Å². The lowest BCUT2D eigenvalue weighted by atomic mass is 10.0. The molecule has 0 spiro atoms. The number of nitrogens with one attached hydrogen (secondary N) is 1. The van der Waals surface area contributed by atoms with E-state index in [1.807, 2.05) is 6.92 Å². The molecule has 0 aromatic heterocycles. The standard InChI is InChI=1S/C10H20N2O2/c1-7(13)6-12(3)10(14)9-4-5-11-8(9)2/h7-9,11,13H,4-6H2,1-3H3. The molecule has 3 unspecified atom stereocenters. The van der Waals surface area contributed by atoms with Gasteiger partial charge in [-0.15, -0.1) is 0 Å². The number of rotatable bonds is 3. The summed E-state index contributed by atoms with van der Waals surface area (Å²) >= 11 is 0. The highest BCUT2D eigenvalue weighted by Crippen LogP contribution is 2.17. The molecule has 3 atom stereocenters. The number of aliphatic hydroxyl groups excluding tert-OH is 1. The largest absolute Gasteiger partial charge is 0.392 e. The number of nitrogens with zero attached hydrogens (tertiary/aromatic N) is 1. The summed E-state index contributed by atoms with van der Waals surface area (Å²) in [7, 11) is 1.75. The monoisotopic (exact) mass is 200 g/mol. The zero-order valence-corrected chi connectivity index (χ0v) is 9.16. The topological polar surface area (TPSA) is 52.6 Å². The number of amides is 1. The van der Waals surface area contributed by atoms with E-state index in [9.17, 15) is 9.90 Å². The van der Waals surface area contributed by atoms with Gasteiger partial charge in [-0.1, -0.05) is 0 Å². The van der Waals surface area contributed by atoms with Gasteiger partial charge in [-0.05, 0) is 26.8 Å². The van der Waals surface area contributed by atoms with Crippen molar-refractivity contribution >= 4 is 5.91 Å². The van der Waals surface area contributed by atoms with Crippen LogP contribution in [0.2, 0.25) is 0 Å². The Hall–Kier alpha value is -0.610. The van der Waals surface area contributed by atoms with Crippen LogP contribution in [0.1, 0.15) is 20.3 Å². The minimum atomic E-state index is -0.450. The number of carbonyl (C=O) groups is 1. The van der Waals surface area contributed by atoms with Crippen LogP contribution < -0.4 is 5.32 Å². The first-order chi connectivity index (χ1) is 6.52. The highest BCUT2D eigenvalue weighted by Gasteiger charge is 2.31. The zero-order valence-electron chi connectivity index (χ0n) is 9.16. The van der Waals surface area contributed by atoms with Crippen molar-refractivity contribution in [2.45, 2.75) is 32.4 Å². The van der Waals surface area contributed by atoms with Gasteiger partial charge in [-0.25, -0.2) is 0 Å². The van der Waals surface area contributed by atoms with Crippen LogP contribution in [0.4, 0.5) is 0 Å². The summed E-state index contributed by atoms with van der Waals surface area (Å²) in [6, 6.07) is 0.263. The molecule has 14 heavy (non-hydrogen) atoms. The Kier molecular flexibility index (Phi) is 3.89. The molecule has 1 saturated heterocycles. The number of carbonyl (C=O) groups excluding carboxylic acids is 1. The van der Waals surface area contributed by atoms with Gasteiger partial charge < -0.3 is 15.3 Å². The average Bonchev–Trinajstić information content (AvgIpc) is 2.48. The first-order valence-electron chi connectivity index (χ1n) is 5.18. The molecule has 82 valence electrons. The Morgan fingerprint density at radius 2 is 2.36 bits per heavy atom. The van der Waals surface area contributed by atoms with Crippen LogP contribution in [0, 0.1) is 5.92 Å². The molecule has 0 aromatic rings. The molecule has 1 fully saturated rings. The molecule has 1 aliphatic heterocycles. The highest BCUT2D eigenvalue weighted by molar-refractivity contribution is 5.79. The Bertz CT molecular complexity index is 206. The van der Waals surface area contributed by atoms with Gasteiger partial charge in [0.2, 0.25) is 5.91 Å². The van der Waals surface area contributed by atoms with E-state index in [-0.39, 0.29) is 17.9 Å². The molecule has 0 bridgehead atoms. The fourth-order valence-electron chi connectivity index (χ4n) is 1.97. The first kappa shape index (κ1) is 11.5. The third-order valence-electron chi connectivity index (χ3n) is 2.76. The fraction of sp³-hybridized carbons (Fsp3) is 0.900.